The van der Waals surface area contributed by atoms with Crippen LogP contribution in [0.15, 0.2) is 29.3 Å². The summed E-state index contributed by atoms with van der Waals surface area (Å²) in [6, 6.07) is 6.39. The largest absolute Gasteiger partial charge is 0.369 e. The van der Waals surface area contributed by atoms with Gasteiger partial charge < -0.3 is 9.80 Å². The van der Waals surface area contributed by atoms with Gasteiger partial charge in [0.1, 0.15) is 5.36 Å². The molecule has 0 saturated heterocycles. The van der Waals surface area contributed by atoms with Crippen molar-refractivity contribution in [2.24, 2.45) is 4.99 Å². The minimum atomic E-state index is -0.394. The smallest absolute Gasteiger partial charge is 0.269 e. The summed E-state index contributed by atoms with van der Waals surface area (Å²) in [6.45, 7) is 12.3. The third-order valence-corrected chi connectivity index (χ3v) is 4.07. The monoisotopic (exact) mass is 316 g/mol. The Kier molecular flexibility index (Phi) is 5.36. The molecule has 0 aliphatic carbocycles. The van der Waals surface area contributed by atoms with Crippen LogP contribution in [-0.4, -0.2) is 31.1 Å². The fraction of sp³-hybridized carbons (Fsp3) is 0.471. The van der Waals surface area contributed by atoms with Crippen LogP contribution in [0.2, 0.25) is 0 Å². The molecule has 0 unspecified atom stereocenters. The number of nitrogens with zero attached hydrogens (tertiary/aromatic N) is 4. The maximum Gasteiger partial charge on any atom is 0.269 e. The van der Waals surface area contributed by atoms with Crippen LogP contribution in [0.25, 0.3) is 0 Å². The van der Waals surface area contributed by atoms with Crippen LogP contribution in [0.1, 0.15) is 27.7 Å². The van der Waals surface area contributed by atoms with Gasteiger partial charge in [0.15, 0.2) is 0 Å². The summed E-state index contributed by atoms with van der Waals surface area (Å²) in [5.41, 5.74) is 3.25. The van der Waals surface area contributed by atoms with Gasteiger partial charge >= 0.3 is 0 Å². The third-order valence-electron chi connectivity index (χ3n) is 4.07. The van der Waals surface area contributed by atoms with Crippen molar-refractivity contribution in [2.75, 3.05) is 36.0 Å². The van der Waals surface area contributed by atoms with E-state index >= 15 is 0 Å². The summed E-state index contributed by atoms with van der Waals surface area (Å²) in [5, 5.41) is 11.7. The van der Waals surface area contributed by atoms with E-state index in [4.69, 9.17) is 4.99 Å². The minimum Gasteiger partial charge on any atom is -0.369 e. The van der Waals surface area contributed by atoms with E-state index in [1.54, 1.807) is 12.1 Å². The Morgan fingerprint density at radius 1 is 0.913 bits per heavy atom. The molecule has 124 valence electrons. The molecule has 0 atom stereocenters. The Bertz CT molecular complexity index is 649. The molecule has 23 heavy (non-hydrogen) atoms. The number of non-ortho nitro benzene ring substituents is 1. The standard InChI is InChI=1S/C17H24N4O2/c1-5-19(6-2)16-15(17(16)20(7-3)8-4)18-13-9-11-14(12-10-13)21(22)23/h9-12H,5-8H2,1-4H3. The predicted molar refractivity (Wildman–Crippen MR) is 94.3 cm³/mol. The van der Waals surface area contributed by atoms with E-state index in [-0.39, 0.29) is 5.69 Å². The van der Waals surface area contributed by atoms with E-state index in [1.165, 1.54) is 23.5 Å². The van der Waals surface area contributed by atoms with Gasteiger partial charge in [-0.15, -0.1) is 0 Å². The quantitative estimate of drug-likeness (QED) is 0.553. The van der Waals surface area contributed by atoms with Crippen LogP contribution in [0.4, 0.5) is 22.7 Å². The maximum atomic E-state index is 10.7. The molecular formula is C17H24N4O2. The Labute approximate surface area is 136 Å². The zero-order valence-electron chi connectivity index (χ0n) is 14.2. The topological polar surface area (TPSA) is 62.0 Å². The lowest BCUT2D eigenvalue weighted by atomic mass is 10.3. The summed E-state index contributed by atoms with van der Waals surface area (Å²) >= 11 is 0. The summed E-state index contributed by atoms with van der Waals surface area (Å²) in [4.78, 5) is 19.7. The van der Waals surface area contributed by atoms with Gasteiger partial charge in [0.05, 0.1) is 22.0 Å². The lowest BCUT2D eigenvalue weighted by Crippen LogP contribution is -2.23. The van der Waals surface area contributed by atoms with Gasteiger partial charge in [-0.1, -0.05) is 0 Å². The SMILES string of the molecule is CCN(CC)c1c(N(CC)CC)c1=Nc1ccc([N+](=O)[O-])cc1. The van der Waals surface area contributed by atoms with E-state index in [0.29, 0.717) is 0 Å². The predicted octanol–water partition coefficient (Wildman–Crippen LogP) is 3.40. The Hall–Kier alpha value is -2.37. The second-order valence-corrected chi connectivity index (χ2v) is 5.28. The molecule has 2 rings (SSSR count). The molecule has 0 radical (unpaired) electrons. The number of nitro groups is 1. The maximum absolute atomic E-state index is 10.7. The van der Waals surface area contributed by atoms with E-state index in [0.717, 1.165) is 37.2 Å². The van der Waals surface area contributed by atoms with Crippen LogP contribution in [0.5, 0.6) is 0 Å². The molecule has 0 aliphatic rings. The molecule has 0 saturated carbocycles. The summed E-state index contributed by atoms with van der Waals surface area (Å²) < 4.78 is 0. The number of hydrogen-bond donors (Lipinski definition) is 0. The van der Waals surface area contributed by atoms with Gasteiger partial charge in [-0.05, 0) is 39.8 Å². The number of anilines is 2. The highest BCUT2D eigenvalue weighted by atomic mass is 16.6. The fourth-order valence-electron chi connectivity index (χ4n) is 2.72. The highest BCUT2D eigenvalue weighted by molar-refractivity contribution is 5.85. The number of benzene rings is 1. The van der Waals surface area contributed by atoms with Crippen molar-refractivity contribution in [3.8, 4) is 0 Å². The van der Waals surface area contributed by atoms with Crippen molar-refractivity contribution in [2.45, 2.75) is 27.7 Å². The van der Waals surface area contributed by atoms with E-state index in [9.17, 15) is 10.1 Å². The van der Waals surface area contributed by atoms with Crippen LogP contribution >= 0.6 is 0 Å². The normalized spacial score (nSPS) is 10.8. The molecule has 0 N–H and O–H groups in total. The van der Waals surface area contributed by atoms with Crippen molar-refractivity contribution in [1.29, 1.82) is 0 Å². The second kappa shape index (κ2) is 7.26. The Morgan fingerprint density at radius 3 is 1.70 bits per heavy atom. The minimum absolute atomic E-state index is 0.0886. The van der Waals surface area contributed by atoms with Gasteiger partial charge in [-0.25, -0.2) is 4.99 Å². The van der Waals surface area contributed by atoms with Gasteiger partial charge in [0.2, 0.25) is 0 Å². The summed E-state index contributed by atoms with van der Waals surface area (Å²) in [5.74, 6) is 0. The van der Waals surface area contributed by atoms with Gasteiger partial charge in [-0.2, -0.15) is 0 Å². The Balaban J connectivity index is 2.38. The lowest BCUT2D eigenvalue weighted by molar-refractivity contribution is -0.384. The molecule has 2 aromatic carbocycles. The molecule has 0 fully saturated rings. The highest BCUT2D eigenvalue weighted by Gasteiger charge is 2.28. The zero-order valence-corrected chi connectivity index (χ0v) is 14.2. The van der Waals surface area contributed by atoms with E-state index in [2.05, 4.69) is 37.5 Å². The average molecular weight is 316 g/mol. The molecule has 0 amide bonds. The van der Waals surface area contributed by atoms with Crippen molar-refractivity contribution in [3.05, 3.63) is 39.7 Å². The molecule has 0 aromatic heterocycles. The number of rotatable bonds is 8. The van der Waals surface area contributed by atoms with E-state index in [1.807, 2.05) is 0 Å². The van der Waals surface area contributed by atoms with Gasteiger partial charge in [-0.3, -0.25) is 10.1 Å². The first-order valence-electron chi connectivity index (χ1n) is 8.15. The second-order valence-electron chi connectivity index (χ2n) is 5.28. The average Bonchev–Trinajstić information content (AvgIpc) is 3.24. The lowest BCUT2D eigenvalue weighted by Gasteiger charge is -2.19. The summed E-state index contributed by atoms with van der Waals surface area (Å²) in [7, 11) is 0. The zero-order chi connectivity index (χ0) is 17.0. The molecule has 6 nitrogen and oxygen atoms in total. The van der Waals surface area contributed by atoms with E-state index < -0.39 is 4.92 Å². The van der Waals surface area contributed by atoms with Crippen molar-refractivity contribution in [3.63, 3.8) is 0 Å². The first-order chi connectivity index (χ1) is 11.1. The van der Waals surface area contributed by atoms with Crippen LogP contribution in [0, 0.1) is 10.1 Å². The van der Waals surface area contributed by atoms with Crippen LogP contribution in [-0.2, 0) is 0 Å². The molecule has 6 heteroatoms. The molecule has 0 aliphatic heterocycles. The van der Waals surface area contributed by atoms with Crippen LogP contribution in [0.3, 0.4) is 0 Å². The van der Waals surface area contributed by atoms with Crippen LogP contribution < -0.4 is 15.2 Å². The first kappa shape index (κ1) is 17.0. The van der Waals surface area contributed by atoms with Crippen molar-refractivity contribution in [1.82, 2.24) is 0 Å². The Morgan fingerprint density at radius 2 is 1.35 bits per heavy atom. The number of nitro benzene ring substituents is 1. The van der Waals surface area contributed by atoms with Gasteiger partial charge in [0.25, 0.3) is 5.69 Å². The molecule has 0 heterocycles. The molecule has 2 aromatic rings. The fourth-order valence-corrected chi connectivity index (χ4v) is 2.72. The summed E-state index contributed by atoms with van der Waals surface area (Å²) in [6.07, 6.45) is 0. The number of hydrogen-bond acceptors (Lipinski definition) is 5. The molecule has 0 bridgehead atoms. The highest BCUT2D eigenvalue weighted by Crippen LogP contribution is 2.33. The first-order valence-corrected chi connectivity index (χ1v) is 8.15. The van der Waals surface area contributed by atoms with Crippen molar-refractivity contribution < 1.29 is 4.92 Å². The molecule has 0 spiro atoms. The van der Waals surface area contributed by atoms with Crippen molar-refractivity contribution >= 4 is 22.7 Å². The third kappa shape index (κ3) is 3.52. The molecular weight excluding hydrogens is 292 g/mol. The van der Waals surface area contributed by atoms with Gasteiger partial charge in [0, 0.05) is 38.3 Å².